The first kappa shape index (κ1) is 17.8. The second-order valence-corrected chi connectivity index (χ2v) is 6.45. The van der Waals surface area contributed by atoms with Crippen molar-refractivity contribution in [3.63, 3.8) is 0 Å². The van der Waals surface area contributed by atoms with Crippen LogP contribution in [0.3, 0.4) is 0 Å². The molecule has 1 aliphatic heterocycles. The van der Waals surface area contributed by atoms with Gasteiger partial charge in [-0.2, -0.15) is 0 Å². The molecular weight excluding hydrogens is 335 g/mol. The Morgan fingerprint density at radius 1 is 1.00 bits per heavy atom. The fourth-order valence-corrected chi connectivity index (χ4v) is 2.95. The van der Waals surface area contributed by atoms with Crippen molar-refractivity contribution in [3.05, 3.63) is 64.5 Å². The van der Waals surface area contributed by atoms with E-state index >= 15 is 0 Å². The highest BCUT2D eigenvalue weighted by Crippen LogP contribution is 2.24. The van der Waals surface area contributed by atoms with Gasteiger partial charge in [-0.15, -0.1) is 0 Å². The van der Waals surface area contributed by atoms with Crippen LogP contribution < -0.4 is 5.32 Å². The Hall–Kier alpha value is -3.02. The van der Waals surface area contributed by atoms with Crippen LogP contribution in [0.5, 0.6) is 0 Å². The summed E-state index contributed by atoms with van der Waals surface area (Å²) in [6.45, 7) is 3.81. The lowest BCUT2D eigenvalue weighted by Crippen LogP contribution is -2.31. The lowest BCUT2D eigenvalue weighted by Gasteiger charge is -2.13. The first-order valence-corrected chi connectivity index (χ1v) is 8.39. The second kappa shape index (κ2) is 7.07. The van der Waals surface area contributed by atoms with Crippen molar-refractivity contribution in [2.45, 2.75) is 26.7 Å². The second-order valence-electron chi connectivity index (χ2n) is 6.45. The maximum absolute atomic E-state index is 13.7. The molecule has 1 N–H and O–H groups in total. The molecule has 0 saturated carbocycles. The molecule has 1 aliphatic rings. The Balaban J connectivity index is 1.57. The molecule has 0 aromatic heterocycles. The monoisotopic (exact) mass is 354 g/mol. The first-order chi connectivity index (χ1) is 12.4. The Bertz CT molecular complexity index is 908. The third-order valence-electron chi connectivity index (χ3n) is 4.31. The van der Waals surface area contributed by atoms with E-state index in [1.165, 1.54) is 6.07 Å². The van der Waals surface area contributed by atoms with Crippen LogP contribution in [0.2, 0.25) is 0 Å². The van der Waals surface area contributed by atoms with Gasteiger partial charge in [-0.05, 0) is 50.1 Å². The van der Waals surface area contributed by atoms with Crippen molar-refractivity contribution in [3.8, 4) is 0 Å². The fraction of sp³-hybridized carbons (Fsp3) is 0.250. The summed E-state index contributed by atoms with van der Waals surface area (Å²) < 4.78 is 13.7. The number of nitrogens with one attached hydrogen (secondary N) is 1. The Kier molecular flexibility index (Phi) is 4.84. The number of halogens is 1. The van der Waals surface area contributed by atoms with Crippen LogP contribution >= 0.6 is 0 Å². The van der Waals surface area contributed by atoms with E-state index < -0.39 is 5.82 Å². The minimum Gasteiger partial charge on any atom is -0.324 e. The molecule has 0 aliphatic carbocycles. The Morgan fingerprint density at radius 2 is 1.65 bits per heavy atom. The van der Waals surface area contributed by atoms with E-state index in [9.17, 15) is 18.8 Å². The van der Waals surface area contributed by atoms with E-state index in [1.807, 2.05) is 6.92 Å². The molecule has 3 amide bonds. The summed E-state index contributed by atoms with van der Waals surface area (Å²) in [6.07, 6.45) is 0.392. The molecule has 3 rings (SSSR count). The lowest BCUT2D eigenvalue weighted by molar-refractivity contribution is -0.116. The number of amides is 3. The number of rotatable bonds is 5. The number of hydrogen-bond donors (Lipinski definition) is 1. The third-order valence-corrected chi connectivity index (χ3v) is 4.31. The zero-order chi connectivity index (χ0) is 18.8. The minimum atomic E-state index is -0.500. The predicted octanol–water partition coefficient (Wildman–Crippen LogP) is 3.46. The molecule has 0 unspecified atom stereocenters. The van der Waals surface area contributed by atoms with Gasteiger partial charge in [-0.25, -0.2) is 4.39 Å². The van der Waals surface area contributed by atoms with Gasteiger partial charge in [-0.1, -0.05) is 17.7 Å². The highest BCUT2D eigenvalue weighted by Gasteiger charge is 2.34. The fourth-order valence-electron chi connectivity index (χ4n) is 2.95. The molecule has 2 aromatic rings. The quantitative estimate of drug-likeness (QED) is 0.836. The number of hydrogen-bond acceptors (Lipinski definition) is 3. The SMILES string of the molecule is Cc1ccc(F)c(NC(=O)CCCN2C(=O)c3ccc(C)cc3C2=O)c1. The van der Waals surface area contributed by atoms with Gasteiger partial charge in [0, 0.05) is 13.0 Å². The largest absolute Gasteiger partial charge is 0.324 e. The molecule has 26 heavy (non-hydrogen) atoms. The normalized spacial score (nSPS) is 13.1. The molecule has 0 saturated heterocycles. The lowest BCUT2D eigenvalue weighted by atomic mass is 10.1. The van der Waals surface area contributed by atoms with E-state index in [2.05, 4.69) is 5.32 Å². The maximum Gasteiger partial charge on any atom is 0.261 e. The van der Waals surface area contributed by atoms with Gasteiger partial charge in [-0.3, -0.25) is 19.3 Å². The summed E-state index contributed by atoms with van der Waals surface area (Å²) in [5.74, 6) is -1.53. The highest BCUT2D eigenvalue weighted by molar-refractivity contribution is 6.21. The predicted molar refractivity (Wildman–Crippen MR) is 95.5 cm³/mol. The van der Waals surface area contributed by atoms with E-state index in [0.717, 1.165) is 16.0 Å². The minimum absolute atomic E-state index is 0.0831. The van der Waals surface area contributed by atoms with Crippen LogP contribution in [0, 0.1) is 19.7 Å². The van der Waals surface area contributed by atoms with E-state index in [4.69, 9.17) is 0 Å². The zero-order valence-corrected chi connectivity index (χ0v) is 14.6. The number of aryl methyl sites for hydroxylation is 2. The highest BCUT2D eigenvalue weighted by atomic mass is 19.1. The number of benzene rings is 2. The zero-order valence-electron chi connectivity index (χ0n) is 14.6. The molecule has 1 heterocycles. The van der Waals surface area contributed by atoms with Gasteiger partial charge in [0.05, 0.1) is 16.8 Å². The van der Waals surface area contributed by atoms with E-state index in [0.29, 0.717) is 17.5 Å². The summed E-state index contributed by atoms with van der Waals surface area (Å²) in [6, 6.07) is 9.61. The van der Waals surface area contributed by atoms with Gasteiger partial charge in [0.25, 0.3) is 11.8 Å². The average molecular weight is 354 g/mol. The Morgan fingerprint density at radius 3 is 2.42 bits per heavy atom. The molecule has 0 fully saturated rings. The van der Waals surface area contributed by atoms with Gasteiger partial charge in [0.1, 0.15) is 5.82 Å². The van der Waals surface area contributed by atoms with Crippen LogP contribution in [0.25, 0.3) is 0 Å². The molecule has 134 valence electrons. The Labute approximate surface area is 150 Å². The molecule has 2 aromatic carbocycles. The third kappa shape index (κ3) is 3.49. The van der Waals surface area contributed by atoms with E-state index in [1.54, 1.807) is 37.3 Å². The summed E-state index contributed by atoms with van der Waals surface area (Å²) >= 11 is 0. The van der Waals surface area contributed by atoms with Crippen molar-refractivity contribution in [1.82, 2.24) is 4.90 Å². The molecule has 0 spiro atoms. The number of anilines is 1. The van der Waals surface area contributed by atoms with Crippen molar-refractivity contribution < 1.29 is 18.8 Å². The summed E-state index contributed by atoms with van der Waals surface area (Å²) in [7, 11) is 0. The van der Waals surface area contributed by atoms with Crippen LogP contribution in [-0.2, 0) is 4.79 Å². The van der Waals surface area contributed by atoms with Gasteiger partial charge < -0.3 is 5.32 Å². The first-order valence-electron chi connectivity index (χ1n) is 8.39. The van der Waals surface area contributed by atoms with Crippen molar-refractivity contribution in [2.24, 2.45) is 0 Å². The number of nitrogens with zero attached hydrogens (tertiary/aromatic N) is 1. The van der Waals surface area contributed by atoms with Crippen LogP contribution in [0.4, 0.5) is 10.1 Å². The summed E-state index contributed by atoms with van der Waals surface area (Å²) in [4.78, 5) is 37.9. The number of carbonyl (C=O) groups excluding carboxylic acids is 3. The van der Waals surface area contributed by atoms with Gasteiger partial charge >= 0.3 is 0 Å². The molecule has 5 nitrogen and oxygen atoms in total. The standard InChI is InChI=1S/C20H19FN2O3/c1-12-5-7-14-15(10-12)20(26)23(19(14)25)9-3-4-18(24)22-17-11-13(2)6-8-16(17)21/h5-8,10-11H,3-4,9H2,1-2H3,(H,22,24). The van der Waals surface area contributed by atoms with Crippen LogP contribution in [-0.4, -0.2) is 29.2 Å². The van der Waals surface area contributed by atoms with Crippen LogP contribution in [0.15, 0.2) is 36.4 Å². The van der Waals surface area contributed by atoms with Crippen molar-refractivity contribution in [1.29, 1.82) is 0 Å². The topological polar surface area (TPSA) is 66.5 Å². The average Bonchev–Trinajstić information content (AvgIpc) is 2.82. The smallest absolute Gasteiger partial charge is 0.261 e. The van der Waals surface area contributed by atoms with Crippen molar-refractivity contribution in [2.75, 3.05) is 11.9 Å². The van der Waals surface area contributed by atoms with Gasteiger partial charge in [0.2, 0.25) is 5.91 Å². The van der Waals surface area contributed by atoms with Crippen molar-refractivity contribution >= 4 is 23.4 Å². The maximum atomic E-state index is 13.7. The summed E-state index contributed by atoms with van der Waals surface area (Å²) in [5, 5.41) is 2.52. The molecular formula is C20H19FN2O3. The molecule has 0 radical (unpaired) electrons. The number of carbonyl (C=O) groups is 3. The molecule has 6 heteroatoms. The van der Waals surface area contributed by atoms with Gasteiger partial charge in [0.15, 0.2) is 0 Å². The van der Waals surface area contributed by atoms with Crippen LogP contribution in [0.1, 0.15) is 44.7 Å². The number of imide groups is 1. The molecule has 0 atom stereocenters. The molecule has 0 bridgehead atoms. The summed E-state index contributed by atoms with van der Waals surface area (Å²) in [5.41, 5.74) is 2.67. The number of fused-ring (bicyclic) bond motifs is 1. The van der Waals surface area contributed by atoms with E-state index in [-0.39, 0.29) is 36.4 Å².